The summed E-state index contributed by atoms with van der Waals surface area (Å²) in [7, 11) is -3.59. The minimum absolute atomic E-state index is 0.251. The molecular weight excluding hydrogens is 308 g/mol. The zero-order valence-corrected chi connectivity index (χ0v) is 14.9. The second-order valence-electron chi connectivity index (χ2n) is 6.29. The lowest BCUT2D eigenvalue weighted by Crippen LogP contribution is -2.30. The number of sulfonamides is 1. The highest BCUT2D eigenvalue weighted by molar-refractivity contribution is 7.89. The van der Waals surface area contributed by atoms with Gasteiger partial charge in [0.25, 0.3) is 10.0 Å². The van der Waals surface area contributed by atoms with Crippen molar-refractivity contribution in [3.8, 4) is 0 Å². The number of rotatable bonds is 5. The Morgan fingerprint density at radius 3 is 2.65 bits per heavy atom. The van der Waals surface area contributed by atoms with Gasteiger partial charge in [0.15, 0.2) is 0 Å². The maximum absolute atomic E-state index is 12.4. The lowest BCUT2D eigenvalue weighted by Gasteiger charge is -2.29. The summed E-state index contributed by atoms with van der Waals surface area (Å²) in [5.41, 5.74) is 2.00. The molecule has 2 atom stereocenters. The van der Waals surface area contributed by atoms with Gasteiger partial charge in [-0.2, -0.15) is 13.5 Å². The average molecular weight is 334 g/mol. The summed E-state index contributed by atoms with van der Waals surface area (Å²) in [5.74, 6) is 0.850. The van der Waals surface area contributed by atoms with Crippen LogP contribution in [0.4, 0.5) is 0 Å². The van der Waals surface area contributed by atoms with Crippen molar-refractivity contribution in [3.05, 3.63) is 42.0 Å². The summed E-state index contributed by atoms with van der Waals surface area (Å²) in [6.45, 7) is 6.15. The number of hydrazone groups is 1. The molecular formula is C18H26N2O2S. The summed E-state index contributed by atoms with van der Waals surface area (Å²) in [4.78, 5) is 2.68. The quantitative estimate of drug-likeness (QED) is 0.653. The third-order valence-corrected chi connectivity index (χ3v) is 5.70. The summed E-state index contributed by atoms with van der Waals surface area (Å²) in [6.07, 6.45) is 8.20. The predicted molar refractivity (Wildman–Crippen MR) is 94.9 cm³/mol. The second-order valence-corrected chi connectivity index (χ2v) is 7.95. The van der Waals surface area contributed by atoms with Crippen LogP contribution in [0.25, 0.3) is 0 Å². The summed E-state index contributed by atoms with van der Waals surface area (Å²) >= 11 is 0. The van der Waals surface area contributed by atoms with Crippen molar-refractivity contribution in [1.82, 2.24) is 4.83 Å². The molecule has 0 unspecified atom stereocenters. The van der Waals surface area contributed by atoms with E-state index in [4.69, 9.17) is 0 Å². The molecule has 0 amide bonds. The fourth-order valence-electron chi connectivity index (χ4n) is 3.00. The van der Waals surface area contributed by atoms with Crippen molar-refractivity contribution in [2.45, 2.75) is 51.3 Å². The van der Waals surface area contributed by atoms with Gasteiger partial charge < -0.3 is 0 Å². The Kier molecular flexibility index (Phi) is 5.99. The average Bonchev–Trinajstić information content (AvgIpc) is 2.52. The van der Waals surface area contributed by atoms with E-state index in [1.54, 1.807) is 24.3 Å². The predicted octanol–water partition coefficient (Wildman–Crippen LogP) is 4.03. The molecule has 2 rings (SSSR count). The van der Waals surface area contributed by atoms with Crippen LogP contribution >= 0.6 is 0 Å². The SMILES string of the molecule is C/C=C/C[C@@H]1/C(=N/NS(=O)(=O)c2ccc(C)cc2)CCC[C@H]1C. The Morgan fingerprint density at radius 1 is 1.30 bits per heavy atom. The molecule has 1 saturated carbocycles. The van der Waals surface area contributed by atoms with Gasteiger partial charge in [0.1, 0.15) is 0 Å². The van der Waals surface area contributed by atoms with Crippen LogP contribution in [0.2, 0.25) is 0 Å². The van der Waals surface area contributed by atoms with Crippen molar-refractivity contribution in [2.75, 3.05) is 0 Å². The first kappa shape index (κ1) is 17.7. The van der Waals surface area contributed by atoms with Crippen LogP contribution in [0.3, 0.4) is 0 Å². The molecule has 1 aromatic rings. The summed E-state index contributed by atoms with van der Waals surface area (Å²) in [5, 5.41) is 4.28. The fraction of sp³-hybridized carbons (Fsp3) is 0.500. The van der Waals surface area contributed by atoms with Gasteiger partial charge >= 0.3 is 0 Å². The molecule has 4 nitrogen and oxygen atoms in total. The third kappa shape index (κ3) is 4.67. The maximum atomic E-state index is 12.4. The van der Waals surface area contributed by atoms with Crippen LogP contribution in [-0.2, 0) is 10.0 Å². The lowest BCUT2D eigenvalue weighted by molar-refractivity contribution is 0.382. The number of hydrogen-bond acceptors (Lipinski definition) is 3. The molecule has 1 fully saturated rings. The van der Waals surface area contributed by atoms with Crippen molar-refractivity contribution >= 4 is 15.7 Å². The van der Waals surface area contributed by atoms with Crippen molar-refractivity contribution < 1.29 is 8.42 Å². The van der Waals surface area contributed by atoms with Gasteiger partial charge in [-0.05, 0) is 57.6 Å². The van der Waals surface area contributed by atoms with Crippen LogP contribution in [0.15, 0.2) is 46.4 Å². The molecule has 1 aliphatic carbocycles. The van der Waals surface area contributed by atoms with E-state index >= 15 is 0 Å². The smallest absolute Gasteiger partial charge is 0.200 e. The zero-order chi connectivity index (χ0) is 16.9. The third-order valence-electron chi connectivity index (χ3n) is 4.47. The first-order valence-corrected chi connectivity index (χ1v) is 9.68. The van der Waals surface area contributed by atoms with E-state index in [9.17, 15) is 8.42 Å². The highest BCUT2D eigenvalue weighted by Crippen LogP contribution is 2.30. The summed E-state index contributed by atoms with van der Waals surface area (Å²) < 4.78 is 24.7. The van der Waals surface area contributed by atoms with E-state index in [1.165, 1.54) is 6.42 Å². The van der Waals surface area contributed by atoms with Gasteiger partial charge in [-0.3, -0.25) is 0 Å². The topological polar surface area (TPSA) is 58.5 Å². The number of allylic oxidation sites excluding steroid dienone is 2. The van der Waals surface area contributed by atoms with Crippen LogP contribution in [0.1, 0.15) is 45.1 Å². The molecule has 23 heavy (non-hydrogen) atoms. The fourth-order valence-corrected chi connectivity index (χ4v) is 3.84. The first-order chi connectivity index (χ1) is 10.9. The molecule has 0 bridgehead atoms. The lowest BCUT2D eigenvalue weighted by atomic mass is 9.77. The largest absolute Gasteiger partial charge is 0.276 e. The molecule has 1 aromatic carbocycles. The van der Waals surface area contributed by atoms with Crippen LogP contribution in [-0.4, -0.2) is 14.1 Å². The van der Waals surface area contributed by atoms with Gasteiger partial charge in [-0.1, -0.05) is 36.8 Å². The van der Waals surface area contributed by atoms with Crippen LogP contribution in [0.5, 0.6) is 0 Å². The standard InChI is InChI=1S/C18H26N2O2S/c1-4-5-8-17-15(3)7-6-9-18(17)19-20-23(21,22)16-12-10-14(2)11-13-16/h4-5,10-13,15,17,20H,6-9H2,1-3H3/b5-4+,19-18+/t15-,17+/m1/s1. The number of hydrogen-bond donors (Lipinski definition) is 1. The van der Waals surface area contributed by atoms with Crippen molar-refractivity contribution in [3.63, 3.8) is 0 Å². The molecule has 0 aromatic heterocycles. The van der Waals surface area contributed by atoms with E-state index in [-0.39, 0.29) is 4.90 Å². The highest BCUT2D eigenvalue weighted by atomic mass is 32.2. The molecule has 1 N–H and O–H groups in total. The maximum Gasteiger partial charge on any atom is 0.276 e. The number of benzene rings is 1. The molecule has 126 valence electrons. The van der Waals surface area contributed by atoms with Gasteiger partial charge in [0, 0.05) is 11.6 Å². The Labute approximate surface area is 139 Å². The number of aryl methyl sites for hydroxylation is 1. The molecule has 0 radical (unpaired) electrons. The molecule has 5 heteroatoms. The minimum atomic E-state index is -3.59. The van der Waals surface area contributed by atoms with Gasteiger partial charge in [-0.25, -0.2) is 4.83 Å². The molecule has 0 spiro atoms. The normalized spacial score (nSPS) is 24.2. The van der Waals surface area contributed by atoms with Gasteiger partial charge in [-0.15, -0.1) is 0 Å². The van der Waals surface area contributed by atoms with Crippen LogP contribution < -0.4 is 4.83 Å². The molecule has 0 heterocycles. The number of nitrogens with one attached hydrogen (secondary N) is 1. The summed E-state index contributed by atoms with van der Waals surface area (Å²) in [6, 6.07) is 6.80. The van der Waals surface area contributed by atoms with Gasteiger partial charge in [0.05, 0.1) is 4.90 Å². The van der Waals surface area contributed by atoms with Crippen molar-refractivity contribution in [1.29, 1.82) is 0 Å². The first-order valence-electron chi connectivity index (χ1n) is 8.20. The van der Waals surface area contributed by atoms with E-state index in [0.29, 0.717) is 11.8 Å². The Balaban J connectivity index is 2.17. The highest BCUT2D eigenvalue weighted by Gasteiger charge is 2.26. The van der Waals surface area contributed by atoms with E-state index in [1.807, 2.05) is 19.9 Å². The van der Waals surface area contributed by atoms with Crippen LogP contribution in [0, 0.1) is 18.8 Å². The Hall–Kier alpha value is -1.62. The Morgan fingerprint density at radius 2 is 2.00 bits per heavy atom. The monoisotopic (exact) mass is 334 g/mol. The van der Waals surface area contributed by atoms with Crippen molar-refractivity contribution in [2.24, 2.45) is 16.9 Å². The second kappa shape index (κ2) is 7.77. The van der Waals surface area contributed by atoms with E-state index in [0.717, 1.165) is 30.5 Å². The Bertz CT molecular complexity index is 675. The van der Waals surface area contributed by atoms with E-state index in [2.05, 4.69) is 22.9 Å². The molecule has 0 aliphatic heterocycles. The minimum Gasteiger partial charge on any atom is -0.200 e. The number of nitrogens with zero attached hydrogens (tertiary/aromatic N) is 1. The zero-order valence-electron chi connectivity index (χ0n) is 14.1. The molecule has 0 saturated heterocycles. The molecule has 1 aliphatic rings. The van der Waals surface area contributed by atoms with Gasteiger partial charge in [0.2, 0.25) is 0 Å². The van der Waals surface area contributed by atoms with E-state index < -0.39 is 10.0 Å².